The highest BCUT2D eigenvalue weighted by molar-refractivity contribution is 7.23. The quantitative estimate of drug-likeness (QED) is 0.226. The molecule has 4 rings (SSSR count). The number of hydrogen-bond donors (Lipinski definition) is 0. The summed E-state index contributed by atoms with van der Waals surface area (Å²) in [6.07, 6.45) is 0.809. The number of nitro benzene ring substituents is 1. The predicted octanol–water partition coefficient (Wildman–Crippen LogP) is 6.06. The first kappa shape index (κ1) is 25.0. The normalized spacial score (nSPS) is 11.2. The third kappa shape index (κ3) is 5.16. The highest BCUT2D eigenvalue weighted by atomic mass is 35.5. The van der Waals surface area contributed by atoms with Crippen molar-refractivity contribution in [3.63, 3.8) is 0 Å². The number of thiophene rings is 1. The Balaban J connectivity index is 0.00000306. The minimum atomic E-state index is -0.419. The van der Waals surface area contributed by atoms with E-state index in [4.69, 9.17) is 4.98 Å². The lowest BCUT2D eigenvalue weighted by Crippen LogP contribution is -2.33. The Hall–Kier alpha value is -2.59. The summed E-state index contributed by atoms with van der Waals surface area (Å²) in [4.78, 5) is 33.5. The zero-order valence-corrected chi connectivity index (χ0v) is 21.3. The number of halogens is 1. The Morgan fingerprint density at radius 2 is 1.79 bits per heavy atom. The smallest absolute Gasteiger partial charge is 0.270 e. The van der Waals surface area contributed by atoms with E-state index in [2.05, 4.69) is 30.9 Å². The average molecular weight is 505 g/mol. The van der Waals surface area contributed by atoms with Crippen LogP contribution in [-0.2, 0) is 0 Å². The SMILES string of the molecule is Cc1ccc2sc(N(CCCN(C)C)C(=O)c3cc4cc([N+](=O)[O-])ccc4s3)nc2c1C.Cl. The summed E-state index contributed by atoms with van der Waals surface area (Å²) in [6.45, 7) is 5.51. The molecule has 0 radical (unpaired) electrons. The summed E-state index contributed by atoms with van der Waals surface area (Å²) in [5.74, 6) is -0.124. The van der Waals surface area contributed by atoms with Crippen LogP contribution in [0.1, 0.15) is 27.2 Å². The molecule has 0 saturated heterocycles. The lowest BCUT2D eigenvalue weighted by atomic mass is 10.1. The first-order valence-electron chi connectivity index (χ1n) is 10.3. The molecule has 4 aromatic rings. The topological polar surface area (TPSA) is 79.6 Å². The van der Waals surface area contributed by atoms with E-state index in [9.17, 15) is 14.9 Å². The number of nitrogens with zero attached hydrogens (tertiary/aromatic N) is 4. The highest BCUT2D eigenvalue weighted by Gasteiger charge is 2.24. The van der Waals surface area contributed by atoms with Crippen molar-refractivity contribution >= 4 is 72.1 Å². The van der Waals surface area contributed by atoms with Crippen molar-refractivity contribution < 1.29 is 9.72 Å². The minimum absolute atomic E-state index is 0. The van der Waals surface area contributed by atoms with Gasteiger partial charge in [0.2, 0.25) is 0 Å². The van der Waals surface area contributed by atoms with E-state index in [1.165, 1.54) is 40.4 Å². The Labute approximate surface area is 206 Å². The maximum absolute atomic E-state index is 13.6. The van der Waals surface area contributed by atoms with E-state index in [0.29, 0.717) is 21.9 Å². The molecule has 0 aliphatic rings. The van der Waals surface area contributed by atoms with Crippen molar-refractivity contribution in [3.05, 3.63) is 62.5 Å². The number of anilines is 1. The van der Waals surface area contributed by atoms with Crippen molar-refractivity contribution in [2.75, 3.05) is 32.1 Å². The maximum atomic E-state index is 13.6. The molecule has 0 aliphatic heterocycles. The van der Waals surface area contributed by atoms with E-state index >= 15 is 0 Å². The zero-order chi connectivity index (χ0) is 23.0. The number of non-ortho nitro benzene ring substituents is 1. The fraction of sp³-hybridized carbons (Fsp3) is 0.304. The molecule has 1 amide bonds. The molecule has 0 aliphatic carbocycles. The van der Waals surface area contributed by atoms with E-state index in [1.54, 1.807) is 17.0 Å². The molecule has 0 saturated carbocycles. The molecular formula is C23H25ClN4O3S2. The number of benzene rings is 2. The van der Waals surface area contributed by atoms with Crippen molar-refractivity contribution in [3.8, 4) is 0 Å². The number of aryl methyl sites for hydroxylation is 2. The van der Waals surface area contributed by atoms with Gasteiger partial charge in [0, 0.05) is 28.8 Å². The number of amides is 1. The number of thiazole rings is 1. The molecule has 0 atom stereocenters. The fourth-order valence-electron chi connectivity index (χ4n) is 3.54. The van der Waals surface area contributed by atoms with Crippen LogP contribution in [0.3, 0.4) is 0 Å². The Morgan fingerprint density at radius 3 is 2.48 bits per heavy atom. The van der Waals surface area contributed by atoms with Gasteiger partial charge in [-0.05, 0) is 70.2 Å². The highest BCUT2D eigenvalue weighted by Crippen LogP contribution is 2.35. The van der Waals surface area contributed by atoms with Crippen LogP contribution < -0.4 is 4.90 Å². The lowest BCUT2D eigenvalue weighted by Gasteiger charge is -2.20. The van der Waals surface area contributed by atoms with Gasteiger partial charge in [0.05, 0.1) is 20.0 Å². The monoisotopic (exact) mass is 504 g/mol. The number of nitro groups is 1. The molecule has 33 heavy (non-hydrogen) atoms. The van der Waals surface area contributed by atoms with E-state index in [0.717, 1.165) is 33.4 Å². The van der Waals surface area contributed by atoms with Gasteiger partial charge in [-0.25, -0.2) is 4.98 Å². The van der Waals surface area contributed by atoms with Crippen LogP contribution >= 0.6 is 35.1 Å². The summed E-state index contributed by atoms with van der Waals surface area (Å²) in [7, 11) is 4.02. The van der Waals surface area contributed by atoms with Crippen LogP contribution in [0.4, 0.5) is 10.8 Å². The van der Waals surface area contributed by atoms with Crippen molar-refractivity contribution in [2.24, 2.45) is 0 Å². The van der Waals surface area contributed by atoms with E-state index < -0.39 is 4.92 Å². The van der Waals surface area contributed by atoms with Gasteiger partial charge in [-0.2, -0.15) is 0 Å². The van der Waals surface area contributed by atoms with E-state index in [1.807, 2.05) is 14.1 Å². The second-order valence-electron chi connectivity index (χ2n) is 8.05. The standard InChI is InChI=1S/C23H24N4O3S2.ClH/c1-14-6-8-19-21(15(14)2)24-23(32-19)26(11-5-10-25(3)4)22(28)20-13-16-12-17(27(29)30)7-9-18(16)31-20;/h6-9,12-13H,5,10-11H2,1-4H3;1H. The van der Waals surface area contributed by atoms with Crippen LogP contribution in [0.5, 0.6) is 0 Å². The van der Waals surface area contributed by atoms with Gasteiger partial charge in [-0.15, -0.1) is 23.7 Å². The first-order chi connectivity index (χ1) is 15.2. The van der Waals surface area contributed by atoms with Crippen LogP contribution in [0.2, 0.25) is 0 Å². The molecule has 2 aromatic heterocycles. The van der Waals surface area contributed by atoms with Gasteiger partial charge in [0.25, 0.3) is 11.6 Å². The molecule has 2 aromatic carbocycles. The van der Waals surface area contributed by atoms with Gasteiger partial charge >= 0.3 is 0 Å². The van der Waals surface area contributed by atoms with Crippen molar-refractivity contribution in [1.82, 2.24) is 9.88 Å². The number of carbonyl (C=O) groups excluding carboxylic acids is 1. The van der Waals surface area contributed by atoms with Gasteiger partial charge in [0.1, 0.15) is 0 Å². The third-order valence-corrected chi connectivity index (χ3v) is 7.61. The third-order valence-electron chi connectivity index (χ3n) is 5.46. The summed E-state index contributed by atoms with van der Waals surface area (Å²) in [5, 5.41) is 12.5. The maximum Gasteiger partial charge on any atom is 0.270 e. The molecule has 0 fully saturated rings. The predicted molar refractivity (Wildman–Crippen MR) is 140 cm³/mol. The fourth-order valence-corrected chi connectivity index (χ4v) is 5.58. The van der Waals surface area contributed by atoms with Crippen molar-refractivity contribution in [1.29, 1.82) is 0 Å². The average Bonchev–Trinajstić information content (AvgIpc) is 3.37. The summed E-state index contributed by atoms with van der Waals surface area (Å²) < 4.78 is 1.91. The van der Waals surface area contributed by atoms with Crippen LogP contribution in [0, 0.1) is 24.0 Å². The number of fused-ring (bicyclic) bond motifs is 2. The molecule has 174 valence electrons. The van der Waals surface area contributed by atoms with Crippen LogP contribution in [0.15, 0.2) is 36.4 Å². The van der Waals surface area contributed by atoms with Crippen LogP contribution in [-0.4, -0.2) is 47.9 Å². The Morgan fingerprint density at radius 1 is 1.06 bits per heavy atom. The molecule has 0 bridgehead atoms. The number of rotatable bonds is 7. The molecule has 0 N–H and O–H groups in total. The number of carbonyl (C=O) groups is 1. The molecular weight excluding hydrogens is 480 g/mol. The molecule has 2 heterocycles. The van der Waals surface area contributed by atoms with Gasteiger partial charge in [-0.3, -0.25) is 19.8 Å². The first-order valence-corrected chi connectivity index (χ1v) is 11.9. The summed E-state index contributed by atoms with van der Waals surface area (Å²) in [5.41, 5.74) is 3.25. The molecule has 0 unspecified atom stereocenters. The molecule has 10 heteroatoms. The molecule has 7 nitrogen and oxygen atoms in total. The van der Waals surface area contributed by atoms with Crippen molar-refractivity contribution in [2.45, 2.75) is 20.3 Å². The lowest BCUT2D eigenvalue weighted by molar-refractivity contribution is -0.384. The minimum Gasteiger partial charge on any atom is -0.309 e. The Bertz CT molecular complexity index is 1330. The summed E-state index contributed by atoms with van der Waals surface area (Å²) >= 11 is 2.87. The summed E-state index contributed by atoms with van der Waals surface area (Å²) in [6, 6.07) is 10.6. The Kier molecular flexibility index (Phi) is 7.69. The van der Waals surface area contributed by atoms with Gasteiger partial charge < -0.3 is 4.90 Å². The second kappa shape index (κ2) is 10.1. The van der Waals surface area contributed by atoms with Gasteiger partial charge in [0.15, 0.2) is 5.13 Å². The number of hydrogen-bond acceptors (Lipinski definition) is 7. The molecule has 0 spiro atoms. The number of aromatic nitrogens is 1. The van der Waals surface area contributed by atoms with Gasteiger partial charge in [-0.1, -0.05) is 17.4 Å². The van der Waals surface area contributed by atoms with Crippen LogP contribution in [0.25, 0.3) is 20.3 Å². The second-order valence-corrected chi connectivity index (χ2v) is 10.1. The zero-order valence-electron chi connectivity index (χ0n) is 18.8. The largest absolute Gasteiger partial charge is 0.309 e. The van der Waals surface area contributed by atoms with E-state index in [-0.39, 0.29) is 24.0 Å².